The summed E-state index contributed by atoms with van der Waals surface area (Å²) in [6.07, 6.45) is 0. The summed E-state index contributed by atoms with van der Waals surface area (Å²) in [4.78, 5) is 19.1. The van der Waals surface area contributed by atoms with Crippen molar-refractivity contribution in [2.24, 2.45) is 0 Å². The molecular formula is C22H19N5O5S. The molecule has 0 saturated heterocycles. The number of hydrogen-bond donors (Lipinski definition) is 2. The van der Waals surface area contributed by atoms with Gasteiger partial charge in [0.25, 0.3) is 15.7 Å². The Morgan fingerprint density at radius 2 is 1.64 bits per heavy atom. The first-order valence-electron chi connectivity index (χ1n) is 9.72. The zero-order valence-electron chi connectivity index (χ0n) is 17.6. The summed E-state index contributed by atoms with van der Waals surface area (Å²) in [5, 5.41) is 14.2. The second kappa shape index (κ2) is 8.71. The molecule has 0 aliphatic heterocycles. The van der Waals surface area contributed by atoms with Gasteiger partial charge in [0.2, 0.25) is 0 Å². The van der Waals surface area contributed by atoms with E-state index in [1.165, 1.54) is 18.2 Å². The van der Waals surface area contributed by atoms with Crippen molar-refractivity contribution >= 4 is 44.1 Å². The number of nitro groups is 1. The fourth-order valence-electron chi connectivity index (χ4n) is 3.10. The van der Waals surface area contributed by atoms with Crippen LogP contribution in [0.2, 0.25) is 0 Å². The van der Waals surface area contributed by atoms with Crippen molar-refractivity contribution in [3.05, 3.63) is 82.4 Å². The van der Waals surface area contributed by atoms with Gasteiger partial charge in [-0.1, -0.05) is 24.3 Å². The Morgan fingerprint density at radius 1 is 0.939 bits per heavy atom. The molecule has 0 amide bonds. The molecule has 0 spiro atoms. The van der Waals surface area contributed by atoms with Crippen LogP contribution in [0.3, 0.4) is 0 Å². The smallest absolute Gasteiger partial charge is 0.270 e. The maximum atomic E-state index is 13.0. The molecule has 10 nitrogen and oxygen atoms in total. The summed E-state index contributed by atoms with van der Waals surface area (Å²) in [6, 6.07) is 17.2. The summed E-state index contributed by atoms with van der Waals surface area (Å²) in [7, 11) is -2.65. The van der Waals surface area contributed by atoms with E-state index in [9.17, 15) is 18.5 Å². The molecule has 33 heavy (non-hydrogen) atoms. The van der Waals surface area contributed by atoms with E-state index in [-0.39, 0.29) is 22.2 Å². The third-order valence-electron chi connectivity index (χ3n) is 4.84. The predicted molar refractivity (Wildman–Crippen MR) is 124 cm³/mol. The van der Waals surface area contributed by atoms with Crippen molar-refractivity contribution in [1.29, 1.82) is 0 Å². The van der Waals surface area contributed by atoms with E-state index in [1.54, 1.807) is 43.5 Å². The monoisotopic (exact) mass is 465 g/mol. The van der Waals surface area contributed by atoms with Gasteiger partial charge in [-0.15, -0.1) is 0 Å². The molecule has 3 aromatic carbocycles. The van der Waals surface area contributed by atoms with Crippen molar-refractivity contribution in [3.8, 4) is 5.75 Å². The standard InChI is InChI=1S/C22H19N5O5S/c1-14-10-11-16(32-2)13-20(14)25-21-22(24-19-9-4-3-8-18(19)23-21)26-33(30,31)17-7-5-6-15(12-17)27(28)29/h3-13H,1-2H3,(H,23,25)(H,24,26). The number of para-hydroxylation sites is 2. The summed E-state index contributed by atoms with van der Waals surface area (Å²) < 4.78 is 33.8. The lowest BCUT2D eigenvalue weighted by molar-refractivity contribution is -0.385. The van der Waals surface area contributed by atoms with E-state index < -0.39 is 14.9 Å². The van der Waals surface area contributed by atoms with Crippen molar-refractivity contribution < 1.29 is 18.1 Å². The molecule has 4 aromatic rings. The van der Waals surface area contributed by atoms with Crippen LogP contribution in [0.4, 0.5) is 23.0 Å². The number of anilines is 3. The SMILES string of the molecule is COc1ccc(C)c(Nc2nc3ccccc3nc2NS(=O)(=O)c2cccc([N+](=O)[O-])c2)c1. The maximum Gasteiger partial charge on any atom is 0.270 e. The van der Waals surface area contributed by atoms with Gasteiger partial charge >= 0.3 is 0 Å². The average molecular weight is 465 g/mol. The van der Waals surface area contributed by atoms with Crippen LogP contribution in [0.5, 0.6) is 5.75 Å². The fourth-order valence-corrected chi connectivity index (χ4v) is 4.15. The van der Waals surface area contributed by atoms with Gasteiger partial charge in [0.05, 0.1) is 28.0 Å². The molecule has 2 N–H and O–H groups in total. The molecule has 11 heteroatoms. The first-order valence-corrected chi connectivity index (χ1v) is 11.2. The molecule has 4 rings (SSSR count). The Kier molecular flexibility index (Phi) is 5.80. The number of rotatable bonds is 7. The minimum atomic E-state index is -4.20. The van der Waals surface area contributed by atoms with E-state index in [0.717, 1.165) is 11.6 Å². The molecule has 168 valence electrons. The number of hydrogen-bond acceptors (Lipinski definition) is 8. The van der Waals surface area contributed by atoms with Crippen LogP contribution in [0.1, 0.15) is 5.56 Å². The number of sulfonamides is 1. The molecule has 0 radical (unpaired) electrons. The number of benzene rings is 3. The first-order chi connectivity index (χ1) is 15.8. The van der Waals surface area contributed by atoms with Gasteiger partial charge in [0.1, 0.15) is 5.75 Å². The number of nitrogens with one attached hydrogen (secondary N) is 2. The maximum absolute atomic E-state index is 13.0. The van der Waals surface area contributed by atoms with Crippen molar-refractivity contribution in [1.82, 2.24) is 9.97 Å². The molecule has 0 aliphatic rings. The molecule has 1 heterocycles. The summed E-state index contributed by atoms with van der Waals surface area (Å²) in [5.41, 5.74) is 2.21. The molecular weight excluding hydrogens is 446 g/mol. The Labute approximate surface area is 189 Å². The van der Waals surface area contributed by atoms with E-state index in [2.05, 4.69) is 20.0 Å². The fraction of sp³-hybridized carbons (Fsp3) is 0.0909. The van der Waals surface area contributed by atoms with Crippen LogP contribution >= 0.6 is 0 Å². The van der Waals surface area contributed by atoms with Crippen molar-refractivity contribution in [2.45, 2.75) is 11.8 Å². The molecule has 0 aliphatic carbocycles. The van der Waals surface area contributed by atoms with E-state index in [0.29, 0.717) is 22.5 Å². The van der Waals surface area contributed by atoms with Gasteiger partial charge in [-0.25, -0.2) is 18.4 Å². The number of aromatic nitrogens is 2. The highest BCUT2D eigenvalue weighted by Crippen LogP contribution is 2.30. The van der Waals surface area contributed by atoms with Crippen LogP contribution in [-0.2, 0) is 10.0 Å². The first kappa shape index (κ1) is 22.0. The predicted octanol–water partition coefficient (Wildman–Crippen LogP) is 4.40. The van der Waals surface area contributed by atoms with Gasteiger partial charge < -0.3 is 10.1 Å². The van der Waals surface area contributed by atoms with E-state index >= 15 is 0 Å². The number of nitrogens with zero attached hydrogens (tertiary/aromatic N) is 3. The van der Waals surface area contributed by atoms with Crippen LogP contribution < -0.4 is 14.8 Å². The number of non-ortho nitro benzene ring substituents is 1. The Balaban J connectivity index is 1.80. The summed E-state index contributed by atoms with van der Waals surface area (Å²) >= 11 is 0. The molecule has 0 bridgehead atoms. The van der Waals surface area contributed by atoms with Gasteiger partial charge in [-0.05, 0) is 36.8 Å². The molecule has 0 saturated carbocycles. The molecule has 0 atom stereocenters. The molecule has 1 aromatic heterocycles. The van der Waals surface area contributed by atoms with Gasteiger partial charge in [0.15, 0.2) is 11.6 Å². The Bertz CT molecular complexity index is 1470. The van der Waals surface area contributed by atoms with Crippen molar-refractivity contribution in [3.63, 3.8) is 0 Å². The minimum Gasteiger partial charge on any atom is -0.497 e. The van der Waals surface area contributed by atoms with Crippen LogP contribution in [0.25, 0.3) is 11.0 Å². The zero-order chi connectivity index (χ0) is 23.6. The Hall–Kier alpha value is -4.25. The summed E-state index contributed by atoms with van der Waals surface area (Å²) in [6.45, 7) is 1.88. The lowest BCUT2D eigenvalue weighted by Crippen LogP contribution is -2.16. The largest absolute Gasteiger partial charge is 0.497 e. The van der Waals surface area contributed by atoms with Gasteiger partial charge in [0, 0.05) is 23.9 Å². The number of methoxy groups -OCH3 is 1. The summed E-state index contributed by atoms with van der Waals surface area (Å²) in [5.74, 6) is 0.719. The average Bonchev–Trinajstić information content (AvgIpc) is 2.80. The number of fused-ring (bicyclic) bond motifs is 1. The van der Waals surface area contributed by atoms with Crippen LogP contribution in [-0.4, -0.2) is 30.4 Å². The molecule has 0 fully saturated rings. The van der Waals surface area contributed by atoms with E-state index in [1.807, 2.05) is 13.0 Å². The van der Waals surface area contributed by atoms with Crippen LogP contribution in [0, 0.1) is 17.0 Å². The quantitative estimate of drug-likeness (QED) is 0.303. The zero-order valence-corrected chi connectivity index (χ0v) is 18.5. The number of ether oxygens (including phenoxy) is 1. The van der Waals surface area contributed by atoms with Crippen LogP contribution in [0.15, 0.2) is 71.6 Å². The lowest BCUT2D eigenvalue weighted by Gasteiger charge is -2.15. The number of aryl methyl sites for hydroxylation is 1. The normalized spacial score (nSPS) is 11.2. The second-order valence-electron chi connectivity index (χ2n) is 7.08. The lowest BCUT2D eigenvalue weighted by atomic mass is 10.2. The van der Waals surface area contributed by atoms with Gasteiger partial charge in [-0.3, -0.25) is 14.8 Å². The molecule has 0 unspecified atom stereocenters. The van der Waals surface area contributed by atoms with E-state index in [4.69, 9.17) is 4.74 Å². The third-order valence-corrected chi connectivity index (χ3v) is 6.17. The second-order valence-corrected chi connectivity index (χ2v) is 8.76. The van der Waals surface area contributed by atoms with Gasteiger partial charge in [-0.2, -0.15) is 0 Å². The minimum absolute atomic E-state index is 0.0533. The topological polar surface area (TPSA) is 136 Å². The van der Waals surface area contributed by atoms with Crippen molar-refractivity contribution in [2.75, 3.05) is 17.1 Å². The number of nitro benzene ring substituents is 1. The third kappa shape index (κ3) is 4.67. The highest BCUT2D eigenvalue weighted by Gasteiger charge is 2.21. The highest BCUT2D eigenvalue weighted by molar-refractivity contribution is 7.92. The highest BCUT2D eigenvalue weighted by atomic mass is 32.2. The Morgan fingerprint density at radius 3 is 2.30 bits per heavy atom.